The van der Waals surface area contributed by atoms with Crippen molar-refractivity contribution in [3.8, 4) is 11.5 Å². The topological polar surface area (TPSA) is 47.6 Å². The molecule has 1 aliphatic rings. The minimum Gasteiger partial charge on any atom is -0.497 e. The van der Waals surface area contributed by atoms with Gasteiger partial charge in [-0.25, -0.2) is 0 Å². The zero-order valence-corrected chi connectivity index (χ0v) is 11.8. The Morgan fingerprint density at radius 3 is 2.74 bits per heavy atom. The Labute approximate surface area is 114 Å². The van der Waals surface area contributed by atoms with Crippen LogP contribution in [-0.2, 0) is 0 Å². The van der Waals surface area contributed by atoms with Crippen molar-refractivity contribution >= 4 is 5.78 Å². The van der Waals surface area contributed by atoms with Gasteiger partial charge in [0.05, 0.1) is 19.8 Å². The molecule has 0 amide bonds. The molecule has 0 spiro atoms. The maximum absolute atomic E-state index is 12.4. The van der Waals surface area contributed by atoms with Gasteiger partial charge in [0.25, 0.3) is 0 Å². The molecule has 1 aliphatic heterocycles. The van der Waals surface area contributed by atoms with Crippen LogP contribution in [0.25, 0.3) is 0 Å². The van der Waals surface area contributed by atoms with E-state index in [9.17, 15) is 4.79 Å². The van der Waals surface area contributed by atoms with Gasteiger partial charge in [-0.3, -0.25) is 4.79 Å². The summed E-state index contributed by atoms with van der Waals surface area (Å²) in [6.07, 6.45) is 2.75. The van der Waals surface area contributed by atoms with E-state index in [-0.39, 0.29) is 5.78 Å². The van der Waals surface area contributed by atoms with Crippen molar-refractivity contribution in [2.24, 2.45) is 0 Å². The Morgan fingerprint density at radius 1 is 1.37 bits per heavy atom. The van der Waals surface area contributed by atoms with Crippen LogP contribution in [0.4, 0.5) is 0 Å². The van der Waals surface area contributed by atoms with Crippen LogP contribution >= 0.6 is 0 Å². The average Bonchev–Trinajstić information content (AvgIpc) is 2.90. The van der Waals surface area contributed by atoms with Gasteiger partial charge in [-0.05, 0) is 37.9 Å². The summed E-state index contributed by atoms with van der Waals surface area (Å²) in [4.78, 5) is 12.4. The molecule has 0 bridgehead atoms. The van der Waals surface area contributed by atoms with Crippen LogP contribution in [0, 0.1) is 6.92 Å². The lowest BCUT2D eigenvalue weighted by Gasteiger charge is -2.15. The second-order valence-electron chi connectivity index (χ2n) is 4.94. The summed E-state index contributed by atoms with van der Waals surface area (Å²) >= 11 is 0. The predicted molar refractivity (Wildman–Crippen MR) is 74.3 cm³/mol. The number of rotatable bonds is 5. The number of hydrogen-bond donors (Lipinski definition) is 1. The molecule has 0 aromatic heterocycles. The van der Waals surface area contributed by atoms with Gasteiger partial charge in [-0.15, -0.1) is 0 Å². The Morgan fingerprint density at radius 2 is 2.16 bits per heavy atom. The highest BCUT2D eigenvalue weighted by molar-refractivity contribution is 6.00. The Kier molecular flexibility index (Phi) is 4.43. The van der Waals surface area contributed by atoms with Gasteiger partial charge in [-0.1, -0.05) is 0 Å². The van der Waals surface area contributed by atoms with Crippen LogP contribution in [0.1, 0.15) is 35.2 Å². The van der Waals surface area contributed by atoms with E-state index in [1.165, 1.54) is 0 Å². The van der Waals surface area contributed by atoms with Crippen molar-refractivity contribution in [1.29, 1.82) is 0 Å². The van der Waals surface area contributed by atoms with Crippen molar-refractivity contribution < 1.29 is 14.3 Å². The third-order valence-corrected chi connectivity index (χ3v) is 3.60. The zero-order valence-electron chi connectivity index (χ0n) is 11.8. The number of benzene rings is 1. The fraction of sp³-hybridized carbons (Fsp3) is 0.533. The molecule has 0 radical (unpaired) electrons. The third kappa shape index (κ3) is 3.07. The first-order valence-electron chi connectivity index (χ1n) is 6.65. The quantitative estimate of drug-likeness (QED) is 0.828. The van der Waals surface area contributed by atoms with Crippen molar-refractivity contribution in [3.63, 3.8) is 0 Å². The van der Waals surface area contributed by atoms with Gasteiger partial charge in [-0.2, -0.15) is 0 Å². The minimum absolute atomic E-state index is 0.136. The number of nitrogens with one attached hydrogen (secondary N) is 1. The summed E-state index contributed by atoms with van der Waals surface area (Å²) in [5.41, 5.74) is 1.58. The van der Waals surface area contributed by atoms with E-state index in [2.05, 4.69) is 5.32 Å². The van der Waals surface area contributed by atoms with Gasteiger partial charge in [0.15, 0.2) is 5.78 Å². The predicted octanol–water partition coefficient (Wildman–Crippen LogP) is 2.34. The van der Waals surface area contributed by atoms with Crippen molar-refractivity contribution in [2.45, 2.75) is 32.2 Å². The van der Waals surface area contributed by atoms with E-state index in [4.69, 9.17) is 9.47 Å². The molecule has 2 rings (SSSR count). The molecule has 1 aromatic rings. The number of methoxy groups -OCH3 is 2. The smallest absolute Gasteiger partial charge is 0.168 e. The molecule has 4 nitrogen and oxygen atoms in total. The second kappa shape index (κ2) is 6.06. The van der Waals surface area contributed by atoms with Gasteiger partial charge in [0, 0.05) is 18.5 Å². The molecule has 1 atom stereocenters. The molecular formula is C15H21NO3. The second-order valence-corrected chi connectivity index (χ2v) is 4.94. The Balaban J connectivity index is 2.24. The highest BCUT2D eigenvalue weighted by Gasteiger charge is 2.22. The van der Waals surface area contributed by atoms with Gasteiger partial charge < -0.3 is 14.8 Å². The lowest BCUT2D eigenvalue weighted by Crippen LogP contribution is -2.25. The lowest BCUT2D eigenvalue weighted by molar-refractivity contribution is 0.0968. The third-order valence-electron chi connectivity index (χ3n) is 3.60. The first-order valence-corrected chi connectivity index (χ1v) is 6.65. The highest BCUT2D eigenvalue weighted by Crippen LogP contribution is 2.30. The molecule has 1 N–H and O–H groups in total. The van der Waals surface area contributed by atoms with E-state index in [1.54, 1.807) is 20.3 Å². The van der Waals surface area contributed by atoms with Crippen LogP contribution in [0.2, 0.25) is 0 Å². The van der Waals surface area contributed by atoms with E-state index in [1.807, 2.05) is 13.0 Å². The maximum atomic E-state index is 12.4. The Hall–Kier alpha value is -1.55. The number of carbonyl (C=O) groups excluding carboxylic acids is 1. The molecule has 1 heterocycles. The van der Waals surface area contributed by atoms with Gasteiger partial charge >= 0.3 is 0 Å². The highest BCUT2D eigenvalue weighted by atomic mass is 16.5. The summed E-state index contributed by atoms with van der Waals surface area (Å²) < 4.78 is 10.5. The van der Waals surface area contributed by atoms with E-state index >= 15 is 0 Å². The van der Waals surface area contributed by atoms with Crippen LogP contribution in [0.3, 0.4) is 0 Å². The van der Waals surface area contributed by atoms with Crippen LogP contribution in [0.5, 0.6) is 11.5 Å². The fourth-order valence-electron chi connectivity index (χ4n) is 2.62. The number of hydrogen-bond acceptors (Lipinski definition) is 4. The van der Waals surface area contributed by atoms with Crippen LogP contribution < -0.4 is 14.8 Å². The molecule has 104 valence electrons. The summed E-state index contributed by atoms with van der Waals surface area (Å²) in [6.45, 7) is 2.93. The normalized spacial score (nSPS) is 18.4. The average molecular weight is 263 g/mol. The molecule has 1 saturated heterocycles. The van der Waals surface area contributed by atoms with Crippen LogP contribution in [0.15, 0.2) is 12.1 Å². The van der Waals surface area contributed by atoms with Gasteiger partial charge in [0.2, 0.25) is 0 Å². The standard InChI is InChI=1S/C15H21NO3/c1-10-7-12(18-2)9-14(19-3)15(10)13(17)8-11-5-4-6-16-11/h7,9,11,16H,4-6,8H2,1-3H3. The summed E-state index contributed by atoms with van der Waals surface area (Å²) in [5, 5.41) is 3.35. The summed E-state index contributed by atoms with van der Waals surface area (Å²) in [5.74, 6) is 1.45. The van der Waals surface area contributed by atoms with Crippen molar-refractivity contribution in [2.75, 3.05) is 20.8 Å². The summed E-state index contributed by atoms with van der Waals surface area (Å²) in [7, 11) is 3.19. The van der Waals surface area contributed by atoms with E-state index in [0.717, 1.165) is 24.9 Å². The molecule has 0 aliphatic carbocycles. The minimum atomic E-state index is 0.136. The Bertz CT molecular complexity index is 465. The number of aryl methyl sites for hydroxylation is 1. The molecular weight excluding hydrogens is 242 g/mol. The molecule has 19 heavy (non-hydrogen) atoms. The van der Waals surface area contributed by atoms with Gasteiger partial charge in [0.1, 0.15) is 11.5 Å². The first kappa shape index (κ1) is 13.9. The molecule has 1 aromatic carbocycles. The molecule has 1 unspecified atom stereocenters. The first-order chi connectivity index (χ1) is 9.15. The monoisotopic (exact) mass is 263 g/mol. The summed E-state index contributed by atoms with van der Waals surface area (Å²) in [6, 6.07) is 3.94. The van der Waals surface area contributed by atoms with E-state index in [0.29, 0.717) is 29.5 Å². The largest absolute Gasteiger partial charge is 0.497 e. The molecule has 4 heteroatoms. The maximum Gasteiger partial charge on any atom is 0.168 e. The van der Waals surface area contributed by atoms with Crippen LogP contribution in [-0.4, -0.2) is 32.6 Å². The molecule has 1 fully saturated rings. The molecule has 0 saturated carbocycles. The SMILES string of the molecule is COc1cc(C)c(C(=O)CC2CCCN2)c(OC)c1. The number of carbonyl (C=O) groups is 1. The van der Waals surface area contributed by atoms with Crippen molar-refractivity contribution in [3.05, 3.63) is 23.3 Å². The zero-order chi connectivity index (χ0) is 13.8. The number of Topliss-reactive ketones (excluding diaryl/α,β-unsaturated/α-hetero) is 1. The lowest BCUT2D eigenvalue weighted by atomic mass is 9.97. The fourth-order valence-corrected chi connectivity index (χ4v) is 2.62. The number of ketones is 1. The van der Waals surface area contributed by atoms with Crippen molar-refractivity contribution in [1.82, 2.24) is 5.32 Å². The van der Waals surface area contributed by atoms with E-state index < -0.39 is 0 Å². The number of ether oxygens (including phenoxy) is 2.